The molecule has 1 aliphatic heterocycles. The van der Waals surface area contributed by atoms with Crippen LogP contribution >= 0.6 is 11.7 Å². The van der Waals surface area contributed by atoms with Gasteiger partial charge in [-0.15, -0.1) is 4.37 Å². The average molecular weight is 321 g/mol. The Morgan fingerprint density at radius 3 is 2.95 bits per heavy atom. The van der Waals surface area contributed by atoms with Crippen molar-refractivity contribution in [1.82, 2.24) is 13.6 Å². The highest BCUT2D eigenvalue weighted by molar-refractivity contribution is 6.99. The zero-order valence-electron chi connectivity index (χ0n) is 13.6. The summed E-state index contributed by atoms with van der Waals surface area (Å²) in [4.78, 5) is 2.32. The van der Waals surface area contributed by atoms with E-state index in [1.807, 2.05) is 0 Å². The molecule has 2 heterocycles. The molecule has 1 aliphatic carbocycles. The Balaban J connectivity index is 1.47. The van der Waals surface area contributed by atoms with Crippen molar-refractivity contribution in [2.45, 2.75) is 51.4 Å². The Kier molecular flexibility index (Phi) is 5.84. The number of ether oxygens (including phenoxy) is 1. The molecule has 0 N–H and O–H groups in total. The standard InChI is InChI=1S/C17H27N3OS/c1-20-11-5-10-15(13-20)16-17(19-22-18-16)21-12-6-9-14-7-3-2-4-8-14/h10,14H,2-9,11-13H2,1H3. The number of hydrogen-bond acceptors (Lipinski definition) is 5. The second kappa shape index (κ2) is 8.06. The van der Waals surface area contributed by atoms with Crippen LogP contribution < -0.4 is 4.74 Å². The zero-order chi connectivity index (χ0) is 15.2. The van der Waals surface area contributed by atoms with Gasteiger partial charge in [-0.1, -0.05) is 38.2 Å². The number of rotatable bonds is 6. The summed E-state index contributed by atoms with van der Waals surface area (Å²) in [6, 6.07) is 0. The highest BCUT2D eigenvalue weighted by Gasteiger charge is 2.18. The maximum atomic E-state index is 5.93. The van der Waals surface area contributed by atoms with Gasteiger partial charge in [-0.3, -0.25) is 0 Å². The van der Waals surface area contributed by atoms with E-state index in [-0.39, 0.29) is 0 Å². The van der Waals surface area contributed by atoms with Crippen LogP contribution in [0, 0.1) is 5.92 Å². The van der Waals surface area contributed by atoms with Gasteiger partial charge in [0.25, 0.3) is 5.88 Å². The summed E-state index contributed by atoms with van der Waals surface area (Å²) >= 11 is 1.26. The van der Waals surface area contributed by atoms with Gasteiger partial charge in [-0.25, -0.2) is 0 Å². The van der Waals surface area contributed by atoms with Crippen LogP contribution in [-0.2, 0) is 0 Å². The Labute approximate surface area is 137 Å². The minimum absolute atomic E-state index is 0.746. The van der Waals surface area contributed by atoms with Gasteiger partial charge in [0, 0.05) is 13.1 Å². The Hall–Kier alpha value is -0.940. The first-order valence-electron chi connectivity index (χ1n) is 8.66. The average Bonchev–Trinajstić information content (AvgIpc) is 3.01. The van der Waals surface area contributed by atoms with Crippen molar-refractivity contribution in [1.29, 1.82) is 0 Å². The molecule has 2 aliphatic rings. The van der Waals surface area contributed by atoms with Crippen LogP contribution in [0.25, 0.3) is 5.57 Å². The molecule has 0 saturated heterocycles. The summed E-state index contributed by atoms with van der Waals surface area (Å²) in [7, 11) is 2.15. The summed E-state index contributed by atoms with van der Waals surface area (Å²) in [6.07, 6.45) is 12.9. The maximum absolute atomic E-state index is 5.93. The molecule has 0 bridgehead atoms. The quantitative estimate of drug-likeness (QED) is 0.742. The van der Waals surface area contributed by atoms with Crippen LogP contribution in [0.5, 0.6) is 5.88 Å². The van der Waals surface area contributed by atoms with Crippen LogP contribution in [0.4, 0.5) is 0 Å². The minimum Gasteiger partial charge on any atom is -0.475 e. The Bertz CT molecular complexity index is 494. The second-order valence-electron chi connectivity index (χ2n) is 6.67. The van der Waals surface area contributed by atoms with Gasteiger partial charge in [0.15, 0.2) is 0 Å². The third-order valence-corrected chi connectivity index (χ3v) is 5.34. The Morgan fingerprint density at radius 2 is 2.14 bits per heavy atom. The normalized spacial score (nSPS) is 20.9. The second-order valence-corrected chi connectivity index (χ2v) is 7.20. The van der Waals surface area contributed by atoms with Crippen LogP contribution in [0.3, 0.4) is 0 Å². The highest BCUT2D eigenvalue weighted by atomic mass is 32.1. The molecule has 3 rings (SSSR count). The molecule has 22 heavy (non-hydrogen) atoms. The topological polar surface area (TPSA) is 38.2 Å². The van der Waals surface area contributed by atoms with Crippen LogP contribution in [0.1, 0.15) is 57.1 Å². The molecular weight excluding hydrogens is 294 g/mol. The maximum Gasteiger partial charge on any atom is 0.253 e. The molecule has 0 spiro atoms. The van der Waals surface area contributed by atoms with Gasteiger partial charge in [0.1, 0.15) is 5.69 Å². The fourth-order valence-corrected chi connectivity index (χ4v) is 4.08. The first-order valence-corrected chi connectivity index (χ1v) is 9.39. The van der Waals surface area contributed by atoms with Crippen molar-refractivity contribution in [2.24, 2.45) is 5.92 Å². The van der Waals surface area contributed by atoms with E-state index in [0.717, 1.165) is 50.0 Å². The largest absolute Gasteiger partial charge is 0.475 e. The first kappa shape index (κ1) is 15.9. The van der Waals surface area contributed by atoms with Gasteiger partial charge in [-0.05, 0) is 37.8 Å². The van der Waals surface area contributed by atoms with Crippen LogP contribution in [-0.4, -0.2) is 40.4 Å². The van der Waals surface area contributed by atoms with Crippen LogP contribution in [0.15, 0.2) is 6.08 Å². The summed E-state index contributed by atoms with van der Waals surface area (Å²) < 4.78 is 14.7. The molecule has 1 saturated carbocycles. The van der Waals surface area contributed by atoms with Crippen molar-refractivity contribution < 1.29 is 4.74 Å². The molecule has 1 aromatic heterocycles. The lowest BCUT2D eigenvalue weighted by atomic mass is 9.86. The molecule has 4 nitrogen and oxygen atoms in total. The fourth-order valence-electron chi connectivity index (χ4n) is 3.55. The predicted molar refractivity (Wildman–Crippen MR) is 91.3 cm³/mol. The van der Waals surface area contributed by atoms with Gasteiger partial charge in [-0.2, -0.15) is 4.37 Å². The number of nitrogens with zero attached hydrogens (tertiary/aromatic N) is 3. The molecular formula is C17H27N3OS. The summed E-state index contributed by atoms with van der Waals surface area (Å²) in [6.45, 7) is 2.85. The van der Waals surface area contributed by atoms with Crippen molar-refractivity contribution in [3.05, 3.63) is 11.8 Å². The number of likely N-dealkylation sites (N-methyl/N-ethyl adjacent to an activating group) is 1. The molecule has 5 heteroatoms. The van der Waals surface area contributed by atoms with E-state index < -0.39 is 0 Å². The summed E-state index contributed by atoms with van der Waals surface area (Å²) in [5, 5.41) is 0. The van der Waals surface area contributed by atoms with Crippen LogP contribution in [0.2, 0.25) is 0 Å². The monoisotopic (exact) mass is 321 g/mol. The van der Waals surface area contributed by atoms with E-state index in [2.05, 4.69) is 26.8 Å². The smallest absolute Gasteiger partial charge is 0.253 e. The van der Waals surface area contributed by atoms with E-state index in [1.165, 1.54) is 55.8 Å². The molecule has 1 fully saturated rings. The van der Waals surface area contributed by atoms with E-state index in [0.29, 0.717) is 0 Å². The number of hydrogen-bond donors (Lipinski definition) is 0. The molecule has 0 aromatic carbocycles. The SMILES string of the molecule is CN1CCC=C(c2nsnc2OCCCC2CCCCC2)C1. The fraction of sp³-hybridized carbons (Fsp3) is 0.765. The zero-order valence-corrected chi connectivity index (χ0v) is 14.4. The molecule has 0 amide bonds. The van der Waals surface area contributed by atoms with E-state index in [1.54, 1.807) is 0 Å². The molecule has 1 aromatic rings. The van der Waals surface area contributed by atoms with Crippen molar-refractivity contribution in [3.63, 3.8) is 0 Å². The van der Waals surface area contributed by atoms with E-state index in [4.69, 9.17) is 4.74 Å². The van der Waals surface area contributed by atoms with Gasteiger partial charge in [0.2, 0.25) is 0 Å². The lowest BCUT2D eigenvalue weighted by Gasteiger charge is -2.22. The molecule has 0 unspecified atom stereocenters. The lowest BCUT2D eigenvalue weighted by Crippen LogP contribution is -2.25. The van der Waals surface area contributed by atoms with Gasteiger partial charge in [0.05, 0.1) is 18.3 Å². The van der Waals surface area contributed by atoms with E-state index in [9.17, 15) is 0 Å². The Morgan fingerprint density at radius 1 is 1.27 bits per heavy atom. The third-order valence-electron chi connectivity index (χ3n) is 4.82. The van der Waals surface area contributed by atoms with Gasteiger partial charge >= 0.3 is 0 Å². The third kappa shape index (κ3) is 4.29. The summed E-state index contributed by atoms with van der Waals surface area (Å²) in [5.74, 6) is 1.68. The first-order chi connectivity index (χ1) is 10.8. The predicted octanol–water partition coefficient (Wildman–Crippen LogP) is 4.00. The van der Waals surface area contributed by atoms with Gasteiger partial charge < -0.3 is 9.64 Å². The van der Waals surface area contributed by atoms with Crippen molar-refractivity contribution >= 4 is 17.3 Å². The molecule has 0 atom stereocenters. The van der Waals surface area contributed by atoms with Crippen molar-refractivity contribution in [2.75, 3.05) is 26.7 Å². The lowest BCUT2D eigenvalue weighted by molar-refractivity contribution is 0.263. The van der Waals surface area contributed by atoms with E-state index >= 15 is 0 Å². The molecule has 122 valence electrons. The molecule has 0 radical (unpaired) electrons. The number of aromatic nitrogens is 2. The minimum atomic E-state index is 0.746. The summed E-state index contributed by atoms with van der Waals surface area (Å²) in [5.41, 5.74) is 2.24. The van der Waals surface area contributed by atoms with Crippen molar-refractivity contribution in [3.8, 4) is 5.88 Å². The highest BCUT2D eigenvalue weighted by Crippen LogP contribution is 2.29.